The van der Waals surface area contributed by atoms with E-state index in [1.807, 2.05) is 6.92 Å². The van der Waals surface area contributed by atoms with Crippen LogP contribution in [0.5, 0.6) is 0 Å². The topological polar surface area (TPSA) is 72.8 Å². The van der Waals surface area contributed by atoms with Gasteiger partial charge in [-0.25, -0.2) is 0 Å². The molecule has 0 aromatic carbocycles. The molecule has 15 heavy (non-hydrogen) atoms. The van der Waals surface area contributed by atoms with Crippen LogP contribution < -0.4 is 0 Å². The minimum Gasteiger partial charge on any atom is -0.379 e. The third-order valence-corrected chi connectivity index (χ3v) is 2.82. The molecule has 0 bridgehead atoms. The van der Waals surface area contributed by atoms with Crippen molar-refractivity contribution in [3.8, 4) is 0 Å². The molecule has 0 aromatic heterocycles. The van der Waals surface area contributed by atoms with Gasteiger partial charge in [0.05, 0.1) is 19.0 Å². The first-order chi connectivity index (χ1) is 6.95. The lowest BCUT2D eigenvalue weighted by atomic mass is 10.1. The molecule has 0 aliphatic carbocycles. The van der Waals surface area contributed by atoms with Gasteiger partial charge in [-0.1, -0.05) is 6.92 Å². The maximum absolute atomic E-state index is 10.5. The van der Waals surface area contributed by atoms with Gasteiger partial charge in [0.15, 0.2) is 0 Å². The van der Waals surface area contributed by atoms with Crippen molar-refractivity contribution in [2.45, 2.75) is 20.3 Å². The minimum absolute atomic E-state index is 0.0907. The van der Waals surface area contributed by atoms with Gasteiger partial charge in [0.2, 0.25) is 0 Å². The molecular weight excluding hydrogens is 220 g/mol. The molecular formula is C9H20O5S. The molecule has 1 unspecified atom stereocenters. The fourth-order valence-corrected chi connectivity index (χ4v) is 1.98. The Hall–Kier alpha value is -0.170. The Balaban J connectivity index is 3.36. The average Bonchev–Trinajstić information content (AvgIpc) is 2.08. The van der Waals surface area contributed by atoms with Crippen LogP contribution in [0.25, 0.3) is 0 Å². The second-order valence-electron chi connectivity index (χ2n) is 3.45. The summed E-state index contributed by atoms with van der Waals surface area (Å²) in [6.45, 7) is 5.91. The SMILES string of the molecule is CCOCCOCCC(C)CS(=O)(=O)O. The fourth-order valence-electron chi connectivity index (χ4n) is 1.09. The second kappa shape index (κ2) is 8.04. The normalized spacial score (nSPS) is 14.1. The summed E-state index contributed by atoms with van der Waals surface area (Å²) in [5, 5.41) is 0. The van der Waals surface area contributed by atoms with E-state index in [1.54, 1.807) is 6.92 Å². The Kier molecular flexibility index (Phi) is 7.95. The number of ether oxygens (including phenoxy) is 2. The van der Waals surface area contributed by atoms with Crippen LogP contribution in [0.15, 0.2) is 0 Å². The molecule has 1 atom stereocenters. The molecule has 0 aromatic rings. The molecule has 0 heterocycles. The van der Waals surface area contributed by atoms with Crippen LogP contribution in [0.1, 0.15) is 20.3 Å². The Bertz CT molecular complexity index is 237. The summed E-state index contributed by atoms with van der Waals surface area (Å²) >= 11 is 0. The molecule has 0 rings (SSSR count). The third-order valence-electron chi connectivity index (χ3n) is 1.83. The van der Waals surface area contributed by atoms with Crippen LogP contribution in [0.3, 0.4) is 0 Å². The highest BCUT2D eigenvalue weighted by atomic mass is 32.2. The van der Waals surface area contributed by atoms with Crippen LogP contribution in [0, 0.1) is 5.92 Å². The van der Waals surface area contributed by atoms with Crippen LogP contribution in [0.4, 0.5) is 0 Å². The molecule has 0 amide bonds. The summed E-state index contributed by atoms with van der Waals surface area (Å²) in [5.41, 5.74) is 0. The summed E-state index contributed by atoms with van der Waals surface area (Å²) in [6.07, 6.45) is 0.617. The van der Waals surface area contributed by atoms with Gasteiger partial charge < -0.3 is 9.47 Å². The van der Waals surface area contributed by atoms with Gasteiger partial charge in [0.25, 0.3) is 10.1 Å². The summed E-state index contributed by atoms with van der Waals surface area (Å²) in [7, 11) is -3.85. The van der Waals surface area contributed by atoms with Gasteiger partial charge in [-0.3, -0.25) is 4.55 Å². The lowest BCUT2D eigenvalue weighted by molar-refractivity contribution is 0.0488. The highest BCUT2D eigenvalue weighted by molar-refractivity contribution is 7.85. The predicted octanol–water partition coefficient (Wildman–Crippen LogP) is 0.954. The number of hydrogen-bond acceptors (Lipinski definition) is 4. The fraction of sp³-hybridized carbons (Fsp3) is 1.00. The van der Waals surface area contributed by atoms with Crippen LogP contribution in [-0.4, -0.2) is 45.2 Å². The van der Waals surface area contributed by atoms with E-state index >= 15 is 0 Å². The van der Waals surface area contributed by atoms with Crippen LogP contribution >= 0.6 is 0 Å². The lowest BCUT2D eigenvalue weighted by Crippen LogP contribution is -2.15. The van der Waals surface area contributed by atoms with Crippen molar-refractivity contribution in [1.82, 2.24) is 0 Å². The van der Waals surface area contributed by atoms with Gasteiger partial charge >= 0.3 is 0 Å². The van der Waals surface area contributed by atoms with E-state index < -0.39 is 10.1 Å². The zero-order valence-corrected chi connectivity index (χ0v) is 10.1. The van der Waals surface area contributed by atoms with E-state index in [0.717, 1.165) is 0 Å². The van der Waals surface area contributed by atoms with Crippen molar-refractivity contribution in [2.24, 2.45) is 5.92 Å². The first-order valence-electron chi connectivity index (χ1n) is 5.06. The standard InChI is InChI=1S/C9H20O5S/c1-3-13-6-7-14-5-4-9(2)8-15(10,11)12/h9H,3-8H2,1-2H3,(H,10,11,12). The number of rotatable bonds is 9. The molecule has 0 spiro atoms. The zero-order chi connectivity index (χ0) is 11.7. The Morgan fingerprint density at radius 1 is 1.20 bits per heavy atom. The van der Waals surface area contributed by atoms with Crippen LogP contribution in [0.2, 0.25) is 0 Å². The lowest BCUT2D eigenvalue weighted by Gasteiger charge is -2.09. The summed E-state index contributed by atoms with van der Waals surface area (Å²) in [6, 6.07) is 0. The van der Waals surface area contributed by atoms with Crippen molar-refractivity contribution in [2.75, 3.05) is 32.2 Å². The molecule has 92 valence electrons. The van der Waals surface area contributed by atoms with Crippen LogP contribution in [-0.2, 0) is 19.6 Å². The van der Waals surface area contributed by atoms with Gasteiger partial charge in [0.1, 0.15) is 0 Å². The van der Waals surface area contributed by atoms with E-state index in [4.69, 9.17) is 14.0 Å². The van der Waals surface area contributed by atoms with Crippen molar-refractivity contribution in [3.63, 3.8) is 0 Å². The first kappa shape index (κ1) is 14.8. The van der Waals surface area contributed by atoms with Crippen molar-refractivity contribution < 1.29 is 22.4 Å². The van der Waals surface area contributed by atoms with Crippen molar-refractivity contribution >= 4 is 10.1 Å². The molecule has 0 radical (unpaired) electrons. The van der Waals surface area contributed by atoms with Gasteiger partial charge in [-0.05, 0) is 19.3 Å². The smallest absolute Gasteiger partial charge is 0.265 e. The molecule has 0 fully saturated rings. The van der Waals surface area contributed by atoms with E-state index in [0.29, 0.717) is 32.8 Å². The zero-order valence-electron chi connectivity index (χ0n) is 9.31. The number of hydrogen-bond donors (Lipinski definition) is 1. The average molecular weight is 240 g/mol. The minimum atomic E-state index is -3.85. The maximum Gasteiger partial charge on any atom is 0.265 e. The van der Waals surface area contributed by atoms with E-state index in [-0.39, 0.29) is 11.7 Å². The molecule has 5 nitrogen and oxygen atoms in total. The Labute approximate surface area is 91.5 Å². The highest BCUT2D eigenvalue weighted by Gasteiger charge is 2.11. The Morgan fingerprint density at radius 2 is 1.80 bits per heavy atom. The monoisotopic (exact) mass is 240 g/mol. The van der Waals surface area contributed by atoms with Gasteiger partial charge in [0, 0.05) is 13.2 Å². The highest BCUT2D eigenvalue weighted by Crippen LogP contribution is 2.04. The largest absolute Gasteiger partial charge is 0.379 e. The Morgan fingerprint density at radius 3 is 2.33 bits per heavy atom. The van der Waals surface area contributed by atoms with Gasteiger partial charge in [-0.15, -0.1) is 0 Å². The van der Waals surface area contributed by atoms with E-state index in [1.165, 1.54) is 0 Å². The summed E-state index contributed by atoms with van der Waals surface area (Å²) < 4.78 is 39.9. The molecule has 0 aliphatic rings. The summed E-state index contributed by atoms with van der Waals surface area (Å²) in [5.74, 6) is -0.297. The molecule has 6 heteroatoms. The maximum atomic E-state index is 10.5. The van der Waals surface area contributed by atoms with E-state index in [9.17, 15) is 8.42 Å². The van der Waals surface area contributed by atoms with Crippen molar-refractivity contribution in [3.05, 3.63) is 0 Å². The van der Waals surface area contributed by atoms with Crippen molar-refractivity contribution in [1.29, 1.82) is 0 Å². The molecule has 1 N–H and O–H groups in total. The predicted molar refractivity (Wildman–Crippen MR) is 57.5 cm³/mol. The molecule has 0 aliphatic heterocycles. The first-order valence-corrected chi connectivity index (χ1v) is 6.67. The molecule has 0 saturated heterocycles. The quantitative estimate of drug-likeness (QED) is 0.480. The van der Waals surface area contributed by atoms with Gasteiger partial charge in [-0.2, -0.15) is 8.42 Å². The molecule has 0 saturated carbocycles. The second-order valence-corrected chi connectivity index (χ2v) is 4.95. The third kappa shape index (κ3) is 11.8. The summed E-state index contributed by atoms with van der Waals surface area (Å²) in [4.78, 5) is 0. The van der Waals surface area contributed by atoms with E-state index in [2.05, 4.69) is 0 Å².